The van der Waals surface area contributed by atoms with Crippen molar-refractivity contribution in [2.24, 2.45) is 0 Å². The molecule has 0 bridgehead atoms. The summed E-state index contributed by atoms with van der Waals surface area (Å²) in [6.07, 6.45) is -0.269. The van der Waals surface area contributed by atoms with Gasteiger partial charge < -0.3 is 19.4 Å². The van der Waals surface area contributed by atoms with Gasteiger partial charge in [-0.05, 0) is 31.5 Å². The van der Waals surface area contributed by atoms with Crippen LogP contribution in [0, 0.1) is 6.92 Å². The van der Waals surface area contributed by atoms with E-state index in [1.54, 1.807) is 4.90 Å². The van der Waals surface area contributed by atoms with Gasteiger partial charge in [0.25, 0.3) is 0 Å². The van der Waals surface area contributed by atoms with Gasteiger partial charge in [-0.25, -0.2) is 9.78 Å². The van der Waals surface area contributed by atoms with Crippen molar-refractivity contribution in [3.8, 4) is 5.69 Å². The van der Waals surface area contributed by atoms with E-state index >= 15 is 0 Å². The monoisotopic (exact) mass is 485 g/mol. The van der Waals surface area contributed by atoms with Crippen LogP contribution in [0.2, 0.25) is 0 Å². The molecule has 0 spiro atoms. The van der Waals surface area contributed by atoms with Crippen molar-refractivity contribution in [2.45, 2.75) is 20.4 Å². The molecule has 0 N–H and O–H groups in total. The fourth-order valence-corrected chi connectivity index (χ4v) is 4.57. The number of piperazine rings is 1. The molecule has 1 fully saturated rings. The number of para-hydroxylation sites is 1. The first-order valence-corrected chi connectivity index (χ1v) is 12.3. The first kappa shape index (κ1) is 23.6. The normalized spacial score (nSPS) is 13.8. The number of rotatable bonds is 6. The molecule has 5 rings (SSSR count). The molecule has 1 aliphatic rings. The number of anilines is 2. The Morgan fingerprint density at radius 3 is 2.28 bits per heavy atom. The number of benzene rings is 2. The van der Waals surface area contributed by atoms with Gasteiger partial charge >= 0.3 is 6.09 Å². The number of ether oxygens (including phenoxy) is 1. The Kier molecular flexibility index (Phi) is 6.71. The number of imidazole rings is 1. The summed E-state index contributed by atoms with van der Waals surface area (Å²) in [5, 5.41) is 0. The van der Waals surface area contributed by atoms with Crippen molar-refractivity contribution >= 4 is 29.0 Å². The molecule has 0 aliphatic carbocycles. The van der Waals surface area contributed by atoms with Gasteiger partial charge in [-0.2, -0.15) is 9.97 Å². The molecule has 0 radical (unpaired) electrons. The molecule has 2 aromatic heterocycles. The smallest absolute Gasteiger partial charge is 0.409 e. The number of hydrogen-bond donors (Lipinski definition) is 0. The lowest BCUT2D eigenvalue weighted by molar-refractivity contribution is 0.105. The van der Waals surface area contributed by atoms with E-state index in [0.717, 1.165) is 28.5 Å². The Morgan fingerprint density at radius 2 is 1.61 bits per heavy atom. The molecule has 186 valence electrons. The van der Waals surface area contributed by atoms with Crippen LogP contribution < -0.4 is 9.80 Å². The standard InChI is InChI=1S/C27H31N7O2/c1-4-36-27(35)33-17-15-32(16-18-33)26-29-24(31(3)19-21-11-7-5-8-12-21)23-25(30-26)34(20(2)28-23)22-13-9-6-10-14-22/h5-14H,4,15-19H2,1-3H3. The van der Waals surface area contributed by atoms with E-state index in [9.17, 15) is 4.79 Å². The second-order valence-electron chi connectivity index (χ2n) is 8.86. The summed E-state index contributed by atoms with van der Waals surface area (Å²) >= 11 is 0. The molecule has 1 aliphatic heterocycles. The minimum absolute atomic E-state index is 0.269. The van der Waals surface area contributed by atoms with Gasteiger partial charge in [0.1, 0.15) is 5.82 Å². The Labute approximate surface area is 211 Å². The average Bonchev–Trinajstić information content (AvgIpc) is 3.25. The van der Waals surface area contributed by atoms with Crippen molar-refractivity contribution in [3.63, 3.8) is 0 Å². The van der Waals surface area contributed by atoms with Gasteiger partial charge in [-0.3, -0.25) is 4.57 Å². The Balaban J connectivity index is 1.54. The van der Waals surface area contributed by atoms with Crippen LogP contribution in [0.5, 0.6) is 0 Å². The quantitative estimate of drug-likeness (QED) is 0.408. The number of aryl methyl sites for hydroxylation is 1. The molecule has 1 saturated heterocycles. The Morgan fingerprint density at radius 1 is 0.944 bits per heavy atom. The molecular weight excluding hydrogens is 454 g/mol. The second-order valence-corrected chi connectivity index (χ2v) is 8.86. The third kappa shape index (κ3) is 4.68. The van der Waals surface area contributed by atoms with Gasteiger partial charge in [0.15, 0.2) is 17.0 Å². The fraction of sp³-hybridized carbons (Fsp3) is 0.333. The van der Waals surface area contributed by atoms with Gasteiger partial charge in [0, 0.05) is 45.5 Å². The average molecular weight is 486 g/mol. The molecule has 2 aromatic carbocycles. The molecule has 4 aromatic rings. The number of amides is 1. The summed E-state index contributed by atoms with van der Waals surface area (Å²) in [6.45, 7) is 7.27. The first-order valence-electron chi connectivity index (χ1n) is 12.3. The highest BCUT2D eigenvalue weighted by Gasteiger charge is 2.26. The van der Waals surface area contributed by atoms with E-state index < -0.39 is 0 Å². The van der Waals surface area contributed by atoms with Gasteiger partial charge in [-0.1, -0.05) is 48.5 Å². The summed E-state index contributed by atoms with van der Waals surface area (Å²) in [6, 6.07) is 20.5. The summed E-state index contributed by atoms with van der Waals surface area (Å²) in [5.41, 5.74) is 3.73. The van der Waals surface area contributed by atoms with Gasteiger partial charge in [0.2, 0.25) is 5.95 Å². The van der Waals surface area contributed by atoms with Crippen molar-refractivity contribution in [3.05, 3.63) is 72.1 Å². The molecule has 0 unspecified atom stereocenters. The summed E-state index contributed by atoms with van der Waals surface area (Å²) < 4.78 is 7.25. The van der Waals surface area contributed by atoms with Crippen LogP contribution in [-0.4, -0.2) is 70.3 Å². The van der Waals surface area contributed by atoms with E-state index in [-0.39, 0.29) is 6.09 Å². The number of nitrogens with zero attached hydrogens (tertiary/aromatic N) is 7. The molecule has 9 nitrogen and oxygen atoms in total. The number of carbonyl (C=O) groups excluding carboxylic acids is 1. The zero-order chi connectivity index (χ0) is 25.1. The number of aromatic nitrogens is 4. The molecule has 3 heterocycles. The van der Waals surface area contributed by atoms with Crippen molar-refractivity contribution in [1.29, 1.82) is 0 Å². The van der Waals surface area contributed by atoms with Crippen LogP contribution in [0.4, 0.5) is 16.6 Å². The molecule has 1 amide bonds. The van der Waals surface area contributed by atoms with Crippen LogP contribution in [0.1, 0.15) is 18.3 Å². The maximum absolute atomic E-state index is 12.2. The van der Waals surface area contributed by atoms with Crippen molar-refractivity contribution in [2.75, 3.05) is 49.6 Å². The lowest BCUT2D eigenvalue weighted by Gasteiger charge is -2.34. The predicted molar refractivity (Wildman–Crippen MR) is 141 cm³/mol. The maximum atomic E-state index is 12.2. The molecule has 9 heteroatoms. The second kappa shape index (κ2) is 10.2. The van der Waals surface area contributed by atoms with E-state index in [4.69, 9.17) is 19.7 Å². The minimum Gasteiger partial charge on any atom is -0.450 e. The van der Waals surface area contributed by atoms with E-state index in [1.165, 1.54) is 5.56 Å². The fourth-order valence-electron chi connectivity index (χ4n) is 4.57. The number of carbonyl (C=O) groups is 1. The first-order chi connectivity index (χ1) is 17.5. The molecule has 0 saturated carbocycles. The van der Waals surface area contributed by atoms with E-state index in [1.807, 2.05) is 57.3 Å². The summed E-state index contributed by atoms with van der Waals surface area (Å²) in [7, 11) is 2.04. The highest BCUT2D eigenvalue weighted by Crippen LogP contribution is 2.30. The topological polar surface area (TPSA) is 79.6 Å². The third-order valence-electron chi connectivity index (χ3n) is 6.37. The van der Waals surface area contributed by atoms with E-state index in [0.29, 0.717) is 45.3 Å². The summed E-state index contributed by atoms with van der Waals surface area (Å²) in [5.74, 6) is 2.27. The van der Waals surface area contributed by atoms with Crippen LogP contribution in [0.25, 0.3) is 16.9 Å². The molecule has 36 heavy (non-hydrogen) atoms. The SMILES string of the molecule is CCOC(=O)N1CCN(c2nc(N(C)Cc3ccccc3)c3nc(C)n(-c4ccccc4)c3n2)CC1. The minimum atomic E-state index is -0.269. The van der Waals surface area contributed by atoms with Gasteiger partial charge in [0.05, 0.1) is 6.61 Å². The van der Waals surface area contributed by atoms with Gasteiger partial charge in [-0.15, -0.1) is 0 Å². The molecular formula is C27H31N7O2. The maximum Gasteiger partial charge on any atom is 0.409 e. The van der Waals surface area contributed by atoms with Crippen LogP contribution in [-0.2, 0) is 11.3 Å². The third-order valence-corrected chi connectivity index (χ3v) is 6.37. The van der Waals surface area contributed by atoms with Crippen molar-refractivity contribution in [1.82, 2.24) is 24.4 Å². The Bertz CT molecular complexity index is 1330. The van der Waals surface area contributed by atoms with Crippen LogP contribution in [0.3, 0.4) is 0 Å². The van der Waals surface area contributed by atoms with Crippen molar-refractivity contribution < 1.29 is 9.53 Å². The van der Waals surface area contributed by atoms with E-state index in [2.05, 4.69) is 38.6 Å². The highest BCUT2D eigenvalue weighted by atomic mass is 16.6. The lowest BCUT2D eigenvalue weighted by atomic mass is 10.2. The zero-order valence-corrected chi connectivity index (χ0v) is 21.0. The largest absolute Gasteiger partial charge is 0.450 e. The number of hydrogen-bond acceptors (Lipinski definition) is 7. The lowest BCUT2D eigenvalue weighted by Crippen LogP contribution is -2.49. The van der Waals surface area contributed by atoms with Crippen LogP contribution in [0.15, 0.2) is 60.7 Å². The zero-order valence-electron chi connectivity index (χ0n) is 21.0. The number of fused-ring (bicyclic) bond motifs is 1. The Hall–Kier alpha value is -4.14. The summed E-state index contributed by atoms with van der Waals surface area (Å²) in [4.78, 5) is 33.1. The molecule has 0 atom stereocenters. The van der Waals surface area contributed by atoms with Crippen LogP contribution >= 0.6 is 0 Å². The highest BCUT2D eigenvalue weighted by molar-refractivity contribution is 5.86. The predicted octanol–water partition coefficient (Wildman–Crippen LogP) is 4.04.